The number of fused-ring (bicyclic) bond motifs is 3. The van der Waals surface area contributed by atoms with Gasteiger partial charge >= 0.3 is 0 Å². The first kappa shape index (κ1) is 10.5. The Morgan fingerprint density at radius 3 is 1.59 bits per heavy atom. The van der Waals surface area contributed by atoms with Crippen molar-refractivity contribution in [3.8, 4) is 11.1 Å². The minimum Gasteiger partial charge on any atom is -0.196 e. The first-order chi connectivity index (χ1) is 8.00. The Labute approximate surface area is 98.9 Å². The van der Waals surface area contributed by atoms with Crippen molar-refractivity contribution in [2.45, 2.75) is 19.8 Å². The van der Waals surface area contributed by atoms with Crippen LogP contribution in [0.1, 0.15) is 22.3 Å². The van der Waals surface area contributed by atoms with Crippen LogP contribution in [0.25, 0.3) is 11.1 Å². The van der Waals surface area contributed by atoms with Gasteiger partial charge in [0.1, 0.15) is 0 Å². The lowest BCUT2D eigenvalue weighted by Crippen LogP contribution is -2.10. The zero-order chi connectivity index (χ0) is 12.2. The number of benzene rings is 2. The maximum atomic E-state index is 14.2. The van der Waals surface area contributed by atoms with E-state index in [1.165, 1.54) is 0 Å². The molecule has 0 spiro atoms. The van der Waals surface area contributed by atoms with E-state index in [4.69, 9.17) is 0 Å². The quantitative estimate of drug-likeness (QED) is 0.628. The van der Waals surface area contributed by atoms with Crippen molar-refractivity contribution in [2.24, 2.45) is 0 Å². The summed E-state index contributed by atoms with van der Waals surface area (Å²) >= 11 is 0. The van der Waals surface area contributed by atoms with Gasteiger partial charge in [-0.2, -0.15) is 8.78 Å². The normalized spacial score (nSPS) is 15.5. The van der Waals surface area contributed by atoms with Crippen LogP contribution in [-0.4, -0.2) is 0 Å². The van der Waals surface area contributed by atoms with Crippen molar-refractivity contribution in [2.75, 3.05) is 0 Å². The molecule has 2 heteroatoms. The van der Waals surface area contributed by atoms with E-state index < -0.39 is 5.92 Å². The molecule has 0 unspecified atom stereocenters. The molecule has 0 heterocycles. The fourth-order valence-electron chi connectivity index (χ4n) is 2.45. The summed E-state index contributed by atoms with van der Waals surface area (Å²) in [4.78, 5) is 0. The molecule has 1 aliphatic carbocycles. The summed E-state index contributed by atoms with van der Waals surface area (Å²) in [5.74, 6) is -2.86. The SMILES string of the molecule is Cc1ccc2c(c1)-c1cc(C)ccc1C2(F)F. The van der Waals surface area contributed by atoms with Crippen molar-refractivity contribution < 1.29 is 8.78 Å². The highest BCUT2D eigenvalue weighted by Gasteiger charge is 2.44. The Kier molecular flexibility index (Phi) is 1.94. The van der Waals surface area contributed by atoms with Gasteiger partial charge in [-0.1, -0.05) is 47.5 Å². The van der Waals surface area contributed by atoms with E-state index in [-0.39, 0.29) is 11.1 Å². The summed E-state index contributed by atoms with van der Waals surface area (Å²) in [6.07, 6.45) is 0. The Morgan fingerprint density at radius 1 is 0.765 bits per heavy atom. The van der Waals surface area contributed by atoms with E-state index in [0.717, 1.165) is 11.1 Å². The van der Waals surface area contributed by atoms with Crippen LogP contribution in [0, 0.1) is 13.8 Å². The van der Waals surface area contributed by atoms with Crippen LogP contribution in [0.2, 0.25) is 0 Å². The average Bonchev–Trinajstić information content (AvgIpc) is 2.47. The highest BCUT2D eigenvalue weighted by Crippen LogP contribution is 2.51. The lowest BCUT2D eigenvalue weighted by molar-refractivity contribution is 0.0480. The van der Waals surface area contributed by atoms with E-state index >= 15 is 0 Å². The molecule has 0 saturated carbocycles. The molecule has 0 N–H and O–H groups in total. The molecule has 3 rings (SSSR count). The van der Waals surface area contributed by atoms with E-state index in [1.54, 1.807) is 24.3 Å². The van der Waals surface area contributed by atoms with Gasteiger partial charge in [-0.3, -0.25) is 0 Å². The zero-order valence-electron chi connectivity index (χ0n) is 9.72. The molecule has 0 saturated heterocycles. The molecular weight excluding hydrogens is 218 g/mol. The summed E-state index contributed by atoms with van der Waals surface area (Å²) in [7, 11) is 0. The number of rotatable bonds is 0. The Balaban J connectivity index is 2.39. The Bertz CT molecular complexity index is 559. The van der Waals surface area contributed by atoms with Crippen LogP contribution in [0.15, 0.2) is 36.4 Å². The summed E-state index contributed by atoms with van der Waals surface area (Å²) in [5.41, 5.74) is 3.62. The van der Waals surface area contributed by atoms with Crippen LogP contribution in [-0.2, 0) is 5.92 Å². The lowest BCUT2D eigenvalue weighted by atomic mass is 10.0. The zero-order valence-corrected chi connectivity index (χ0v) is 9.72. The number of aryl methyl sites for hydroxylation is 2. The predicted octanol–water partition coefficient (Wildman–Crippen LogP) is 4.42. The highest BCUT2D eigenvalue weighted by molar-refractivity contribution is 5.80. The van der Waals surface area contributed by atoms with Crippen molar-refractivity contribution in [1.82, 2.24) is 0 Å². The van der Waals surface area contributed by atoms with Crippen molar-refractivity contribution in [1.29, 1.82) is 0 Å². The van der Waals surface area contributed by atoms with Crippen LogP contribution in [0.4, 0.5) is 8.78 Å². The largest absolute Gasteiger partial charge is 0.299 e. The maximum absolute atomic E-state index is 14.2. The third-order valence-corrected chi connectivity index (χ3v) is 3.32. The predicted molar refractivity (Wildman–Crippen MR) is 64.3 cm³/mol. The van der Waals surface area contributed by atoms with Gasteiger partial charge in [-0.25, -0.2) is 0 Å². The first-order valence-corrected chi connectivity index (χ1v) is 5.60. The van der Waals surface area contributed by atoms with Gasteiger partial charge in [-0.05, 0) is 25.0 Å². The van der Waals surface area contributed by atoms with Crippen LogP contribution in [0.3, 0.4) is 0 Å². The summed E-state index contributed by atoms with van der Waals surface area (Å²) in [5, 5.41) is 0. The first-order valence-electron chi connectivity index (χ1n) is 5.60. The molecular formula is C15H12F2. The summed E-state index contributed by atoms with van der Waals surface area (Å²) in [6.45, 7) is 3.85. The molecule has 0 radical (unpaired) electrons. The number of hydrogen-bond acceptors (Lipinski definition) is 0. The molecule has 0 nitrogen and oxygen atoms in total. The third kappa shape index (κ3) is 1.33. The fourth-order valence-corrected chi connectivity index (χ4v) is 2.45. The van der Waals surface area contributed by atoms with Gasteiger partial charge in [0.15, 0.2) is 0 Å². The van der Waals surface area contributed by atoms with Crippen LogP contribution < -0.4 is 0 Å². The van der Waals surface area contributed by atoms with Crippen molar-refractivity contribution in [3.05, 3.63) is 58.7 Å². The number of alkyl halides is 2. The van der Waals surface area contributed by atoms with Gasteiger partial charge in [0.05, 0.1) is 0 Å². The van der Waals surface area contributed by atoms with Gasteiger partial charge in [0.2, 0.25) is 0 Å². The molecule has 0 aliphatic heterocycles. The monoisotopic (exact) mass is 230 g/mol. The molecule has 17 heavy (non-hydrogen) atoms. The molecule has 0 aromatic heterocycles. The molecule has 2 aromatic carbocycles. The second-order valence-corrected chi connectivity index (χ2v) is 4.67. The molecule has 2 aromatic rings. The Hall–Kier alpha value is -1.70. The van der Waals surface area contributed by atoms with Gasteiger partial charge in [0.25, 0.3) is 5.92 Å². The van der Waals surface area contributed by atoms with Crippen LogP contribution in [0.5, 0.6) is 0 Å². The van der Waals surface area contributed by atoms with E-state index in [1.807, 2.05) is 26.0 Å². The minimum atomic E-state index is -2.86. The lowest BCUT2D eigenvalue weighted by Gasteiger charge is -2.11. The summed E-state index contributed by atoms with van der Waals surface area (Å²) in [6, 6.07) is 10.2. The molecule has 86 valence electrons. The highest BCUT2D eigenvalue weighted by atomic mass is 19.3. The van der Waals surface area contributed by atoms with E-state index in [9.17, 15) is 8.78 Å². The summed E-state index contributed by atoms with van der Waals surface area (Å²) < 4.78 is 28.4. The van der Waals surface area contributed by atoms with E-state index in [0.29, 0.717) is 11.1 Å². The molecule has 0 atom stereocenters. The third-order valence-electron chi connectivity index (χ3n) is 3.32. The van der Waals surface area contributed by atoms with Gasteiger partial charge in [0, 0.05) is 11.1 Å². The van der Waals surface area contributed by atoms with Crippen molar-refractivity contribution >= 4 is 0 Å². The van der Waals surface area contributed by atoms with Gasteiger partial charge < -0.3 is 0 Å². The molecule has 0 fully saturated rings. The van der Waals surface area contributed by atoms with E-state index in [2.05, 4.69) is 0 Å². The minimum absolute atomic E-state index is 0.128. The van der Waals surface area contributed by atoms with Gasteiger partial charge in [-0.15, -0.1) is 0 Å². The Morgan fingerprint density at radius 2 is 1.18 bits per heavy atom. The second-order valence-electron chi connectivity index (χ2n) is 4.67. The van der Waals surface area contributed by atoms with Crippen molar-refractivity contribution in [3.63, 3.8) is 0 Å². The standard InChI is InChI=1S/C15H12F2/c1-9-3-5-13-11(7-9)12-8-10(2)4-6-14(12)15(13,16)17/h3-8H,1-2H3. The number of hydrogen-bond donors (Lipinski definition) is 0. The average molecular weight is 230 g/mol. The maximum Gasteiger partial charge on any atom is 0.299 e. The smallest absolute Gasteiger partial charge is 0.196 e. The molecule has 0 amide bonds. The molecule has 1 aliphatic rings. The van der Waals surface area contributed by atoms with Crippen LogP contribution >= 0.6 is 0 Å². The second kappa shape index (κ2) is 3.16. The number of halogens is 2. The fraction of sp³-hybridized carbons (Fsp3) is 0.200. The topological polar surface area (TPSA) is 0 Å². The molecule has 0 bridgehead atoms.